The van der Waals surface area contributed by atoms with Crippen molar-refractivity contribution in [2.45, 2.75) is 86.3 Å². The summed E-state index contributed by atoms with van der Waals surface area (Å²) in [5.41, 5.74) is 3.10. The Hall–Kier alpha value is -3.90. The minimum atomic E-state index is -0.682. The Labute approximate surface area is 287 Å². The molecule has 0 spiro atoms. The van der Waals surface area contributed by atoms with Gasteiger partial charge in [-0.2, -0.15) is 0 Å². The Morgan fingerprint density at radius 2 is 1.47 bits per heavy atom. The SMILES string of the molecule is C#C/C(C)=C\C/C=C\CO.CC.CC.CC(CCCC(O)c1ccc(F)cc1)N(C(=O)S)c1ccc(F)cc1.Cc1ccccc1O. The maximum absolute atomic E-state index is 13.1. The maximum atomic E-state index is 13.1. The van der Waals surface area contributed by atoms with Gasteiger partial charge in [-0.3, -0.25) is 4.79 Å². The number of terminal acetylenes is 1. The van der Waals surface area contributed by atoms with Crippen LogP contribution in [0.15, 0.2) is 96.6 Å². The second-order valence-corrected chi connectivity index (χ2v) is 10.1. The van der Waals surface area contributed by atoms with Crippen LogP contribution in [0.4, 0.5) is 19.3 Å². The molecule has 0 radical (unpaired) electrons. The first-order chi connectivity index (χ1) is 22.5. The molecule has 0 heterocycles. The molecule has 5 nitrogen and oxygen atoms in total. The van der Waals surface area contributed by atoms with Crippen LogP contribution in [0.3, 0.4) is 0 Å². The molecule has 0 fully saturated rings. The van der Waals surface area contributed by atoms with Crippen molar-refractivity contribution < 1.29 is 28.9 Å². The van der Waals surface area contributed by atoms with Gasteiger partial charge in [0, 0.05) is 11.7 Å². The van der Waals surface area contributed by atoms with Crippen LogP contribution in [0.5, 0.6) is 5.75 Å². The smallest absolute Gasteiger partial charge is 0.283 e. The molecule has 0 aromatic heterocycles. The lowest BCUT2D eigenvalue weighted by molar-refractivity contribution is 0.163. The van der Waals surface area contributed by atoms with Gasteiger partial charge in [-0.1, -0.05) is 94.8 Å². The van der Waals surface area contributed by atoms with Crippen LogP contribution in [-0.4, -0.2) is 33.2 Å². The van der Waals surface area contributed by atoms with E-state index in [-0.39, 0.29) is 24.3 Å². The van der Waals surface area contributed by atoms with Crippen LogP contribution >= 0.6 is 12.6 Å². The molecule has 0 aliphatic carbocycles. The van der Waals surface area contributed by atoms with Crippen LogP contribution < -0.4 is 4.90 Å². The summed E-state index contributed by atoms with van der Waals surface area (Å²) in [6.45, 7) is 13.7. The number of aromatic hydroxyl groups is 1. The lowest BCUT2D eigenvalue weighted by atomic mass is 10.0. The number of carbonyl (C=O) groups excluding carboxylic acids is 1. The maximum Gasteiger partial charge on any atom is 0.283 e. The highest BCUT2D eigenvalue weighted by Crippen LogP contribution is 2.25. The van der Waals surface area contributed by atoms with Gasteiger partial charge >= 0.3 is 0 Å². The molecule has 3 N–H and O–H groups in total. The Kier molecular flexibility index (Phi) is 27.3. The van der Waals surface area contributed by atoms with Crippen molar-refractivity contribution in [2.24, 2.45) is 0 Å². The Bertz CT molecular complexity index is 1320. The average Bonchev–Trinajstić information content (AvgIpc) is 3.08. The molecule has 0 aliphatic heterocycles. The number of allylic oxidation sites excluding steroid dienone is 3. The molecule has 3 aromatic rings. The zero-order valence-corrected chi connectivity index (χ0v) is 29.7. The van der Waals surface area contributed by atoms with E-state index >= 15 is 0 Å². The first-order valence-corrected chi connectivity index (χ1v) is 16.3. The van der Waals surface area contributed by atoms with E-state index in [0.29, 0.717) is 36.3 Å². The van der Waals surface area contributed by atoms with Crippen molar-refractivity contribution in [2.75, 3.05) is 11.5 Å². The fourth-order valence-electron chi connectivity index (χ4n) is 3.78. The van der Waals surface area contributed by atoms with E-state index in [1.807, 2.05) is 78.8 Å². The first kappa shape index (κ1) is 45.2. The summed E-state index contributed by atoms with van der Waals surface area (Å²) >= 11 is 3.91. The summed E-state index contributed by atoms with van der Waals surface area (Å²) in [6, 6.07) is 18.5. The number of phenolic OH excluding ortho intramolecular Hbond substituents is 1. The number of hydrogen-bond donors (Lipinski definition) is 4. The van der Waals surface area contributed by atoms with Gasteiger partial charge < -0.3 is 20.2 Å². The van der Waals surface area contributed by atoms with Crippen molar-refractivity contribution >= 4 is 23.6 Å². The summed E-state index contributed by atoms with van der Waals surface area (Å²) in [7, 11) is 0. The van der Waals surface area contributed by atoms with E-state index in [1.165, 1.54) is 41.3 Å². The van der Waals surface area contributed by atoms with Crippen LogP contribution in [0.25, 0.3) is 0 Å². The molecule has 258 valence electrons. The normalized spacial score (nSPS) is 11.4. The molecule has 1 amide bonds. The second kappa shape index (κ2) is 28.3. The van der Waals surface area contributed by atoms with Gasteiger partial charge in [-0.25, -0.2) is 8.78 Å². The number of nitrogens with zero attached hydrogens (tertiary/aromatic N) is 1. The molecule has 3 rings (SSSR count). The van der Waals surface area contributed by atoms with E-state index in [4.69, 9.17) is 16.6 Å². The highest BCUT2D eigenvalue weighted by Gasteiger charge is 2.20. The van der Waals surface area contributed by atoms with Gasteiger partial charge in [-0.15, -0.1) is 6.42 Å². The lowest BCUT2D eigenvalue weighted by Crippen LogP contribution is -2.35. The van der Waals surface area contributed by atoms with Gasteiger partial charge in [0.25, 0.3) is 5.24 Å². The Morgan fingerprint density at radius 1 is 0.936 bits per heavy atom. The lowest BCUT2D eigenvalue weighted by Gasteiger charge is -2.28. The van der Waals surface area contributed by atoms with Gasteiger partial charge in [0.2, 0.25) is 0 Å². The third-order valence-electron chi connectivity index (χ3n) is 6.28. The van der Waals surface area contributed by atoms with Crippen LogP contribution in [0.2, 0.25) is 0 Å². The number of thiol groups is 1. The molecule has 2 unspecified atom stereocenters. The number of halogens is 2. The molecule has 2 atom stereocenters. The number of benzene rings is 3. The van der Waals surface area contributed by atoms with E-state index in [2.05, 4.69) is 18.5 Å². The summed E-state index contributed by atoms with van der Waals surface area (Å²) in [5, 5.41) is 27.0. The monoisotopic (exact) mass is 669 g/mol. The summed E-state index contributed by atoms with van der Waals surface area (Å²) in [6.07, 6.45) is 12.5. The number of rotatable bonds is 10. The van der Waals surface area contributed by atoms with Gasteiger partial charge in [0.05, 0.1) is 12.7 Å². The van der Waals surface area contributed by atoms with Crippen LogP contribution in [-0.2, 0) is 0 Å². The molecule has 3 aromatic carbocycles. The molecule has 0 aliphatic rings. The fourth-order valence-corrected chi connectivity index (χ4v) is 4.09. The first-order valence-electron chi connectivity index (χ1n) is 15.8. The number of aliphatic hydroxyl groups is 2. The standard InChI is InChI=1S/C19H21F2NO2S.C9H12O.C7H8O.2C2H6/c1-13(22(19(24)25)17-11-9-16(21)10-12-17)3-2-4-18(23)14-5-7-15(20)8-6-14;1-3-9(2)7-5-4-6-8-10;1-6-4-2-3-5-7(6)8;2*1-2/h5-13,18,23H,2-4H2,1H3,(H,24,25);1,4,6-7,10H,5,8H2,2H3;2-5,8H,1H3;2*1-2H3/b;6-4-,9-7-;;;. The van der Waals surface area contributed by atoms with Crippen molar-refractivity contribution in [3.8, 4) is 18.1 Å². The van der Waals surface area contributed by atoms with E-state index in [9.17, 15) is 18.7 Å². The number of phenols is 1. The molecule has 0 saturated heterocycles. The third kappa shape index (κ3) is 20.8. The second-order valence-electron chi connectivity index (χ2n) is 9.68. The topological polar surface area (TPSA) is 81.0 Å². The largest absolute Gasteiger partial charge is 0.508 e. The molecule has 47 heavy (non-hydrogen) atoms. The van der Waals surface area contributed by atoms with Crippen LogP contribution in [0, 0.1) is 30.9 Å². The van der Waals surface area contributed by atoms with Gasteiger partial charge in [-0.05, 0) is 106 Å². The number of hydrogen-bond acceptors (Lipinski definition) is 4. The van der Waals surface area contributed by atoms with E-state index < -0.39 is 11.3 Å². The van der Waals surface area contributed by atoms with Crippen LogP contribution in [0.1, 0.15) is 84.5 Å². The quantitative estimate of drug-likeness (QED) is 0.0984. The molecular weight excluding hydrogens is 616 g/mol. The summed E-state index contributed by atoms with van der Waals surface area (Å²) in [5.74, 6) is 2.16. The molecule has 8 heteroatoms. The van der Waals surface area contributed by atoms with Crippen molar-refractivity contribution in [1.29, 1.82) is 0 Å². The zero-order chi connectivity index (χ0) is 36.2. The molecule has 0 saturated carbocycles. The number of para-hydroxylation sites is 1. The molecular formula is C39H53F2NO4S. The third-order valence-corrected chi connectivity index (χ3v) is 6.50. The van der Waals surface area contributed by atoms with Crippen molar-refractivity contribution in [3.63, 3.8) is 0 Å². The number of anilines is 1. The number of amides is 1. The van der Waals surface area contributed by atoms with E-state index in [0.717, 1.165) is 17.6 Å². The minimum absolute atomic E-state index is 0.100. The minimum Gasteiger partial charge on any atom is -0.508 e. The van der Waals surface area contributed by atoms with Gasteiger partial charge in [0.15, 0.2) is 0 Å². The van der Waals surface area contributed by atoms with Crippen molar-refractivity contribution in [3.05, 3.63) is 119 Å². The summed E-state index contributed by atoms with van der Waals surface area (Å²) in [4.78, 5) is 13.3. The highest BCUT2D eigenvalue weighted by atomic mass is 32.1. The molecule has 0 bridgehead atoms. The van der Waals surface area contributed by atoms with Crippen molar-refractivity contribution in [1.82, 2.24) is 0 Å². The predicted molar refractivity (Wildman–Crippen MR) is 197 cm³/mol. The average molecular weight is 670 g/mol. The number of aryl methyl sites for hydroxylation is 1. The van der Waals surface area contributed by atoms with Gasteiger partial charge in [0.1, 0.15) is 17.4 Å². The Balaban J connectivity index is 0. The predicted octanol–water partition coefficient (Wildman–Crippen LogP) is 10.4. The highest BCUT2D eigenvalue weighted by molar-refractivity contribution is 7.96. The summed E-state index contributed by atoms with van der Waals surface area (Å²) < 4.78 is 26.0. The number of aliphatic hydroxyl groups excluding tert-OH is 2. The number of carbonyl (C=O) groups is 1. The Morgan fingerprint density at radius 3 is 1.91 bits per heavy atom. The van der Waals surface area contributed by atoms with E-state index in [1.54, 1.807) is 24.3 Å². The fraction of sp³-hybridized carbons (Fsp3) is 0.359. The zero-order valence-electron chi connectivity index (χ0n) is 28.8.